The number of hydrogen-bond acceptors (Lipinski definition) is 2. The molecule has 2 aromatic heterocycles. The predicted octanol–water partition coefficient (Wildman–Crippen LogP) is 6.26. The van der Waals surface area contributed by atoms with Crippen LogP contribution in [-0.2, 0) is 0 Å². The maximum Gasteiger partial charge on any atom is 0.264 e. The molecule has 27 heavy (non-hydrogen) atoms. The number of hydrogen-bond donors (Lipinski definition) is 0. The Labute approximate surface area is 159 Å². The van der Waals surface area contributed by atoms with Gasteiger partial charge in [-0.15, -0.1) is 0 Å². The monoisotopic (exact) mass is 358 g/mol. The fourth-order valence-electron chi connectivity index (χ4n) is 3.77. The van der Waals surface area contributed by atoms with Gasteiger partial charge in [0.15, 0.2) is 0 Å². The lowest BCUT2D eigenvalue weighted by molar-refractivity contribution is 1.19. The molecule has 2 heterocycles. The normalized spacial score (nSPS) is 10.7. The highest BCUT2D eigenvalue weighted by Crippen LogP contribution is 2.33. The number of aryl methyl sites for hydroxylation is 2. The molecule has 0 amide bonds. The van der Waals surface area contributed by atoms with Crippen molar-refractivity contribution in [1.82, 2.24) is 9.38 Å². The van der Waals surface area contributed by atoms with Crippen LogP contribution < -0.4 is 5.56 Å². The number of benzene rings is 3. The Morgan fingerprint density at radius 3 is 2.00 bits per heavy atom. The first kappa shape index (κ1) is 18.8. The van der Waals surface area contributed by atoms with E-state index in [-0.39, 0.29) is 5.56 Å². The average Bonchev–Trinajstić information content (AvgIpc) is 3.10. The average molecular weight is 358 g/mol. The van der Waals surface area contributed by atoms with E-state index in [1.807, 2.05) is 64.1 Å². The van der Waals surface area contributed by atoms with Crippen LogP contribution in [0.5, 0.6) is 0 Å². The lowest BCUT2D eigenvalue weighted by Crippen LogP contribution is -2.13. The van der Waals surface area contributed by atoms with Gasteiger partial charge in [-0.3, -0.25) is 9.20 Å². The molecular formula is C24H26N2O. The number of pyridine rings is 1. The van der Waals surface area contributed by atoms with Gasteiger partial charge in [0, 0.05) is 16.2 Å². The van der Waals surface area contributed by atoms with Crippen molar-refractivity contribution in [3.63, 3.8) is 0 Å². The summed E-state index contributed by atoms with van der Waals surface area (Å²) in [6.07, 6.45) is 0. The first-order valence-electron chi connectivity index (χ1n) is 9.72. The molecular weight excluding hydrogens is 332 g/mol. The Bertz CT molecular complexity index is 1290. The summed E-state index contributed by atoms with van der Waals surface area (Å²) < 4.78 is 1.75. The molecule has 5 rings (SSSR count). The summed E-state index contributed by atoms with van der Waals surface area (Å²) in [5, 5.41) is 4.02. The van der Waals surface area contributed by atoms with Gasteiger partial charge in [0.25, 0.3) is 5.56 Å². The van der Waals surface area contributed by atoms with Gasteiger partial charge in [0.05, 0.1) is 11.0 Å². The van der Waals surface area contributed by atoms with Gasteiger partial charge in [0.2, 0.25) is 0 Å². The van der Waals surface area contributed by atoms with E-state index in [1.165, 1.54) is 16.5 Å². The largest absolute Gasteiger partial charge is 0.268 e. The van der Waals surface area contributed by atoms with E-state index in [2.05, 4.69) is 26.0 Å². The molecule has 0 atom stereocenters. The lowest BCUT2D eigenvalue weighted by Gasteiger charge is -2.11. The molecule has 0 aliphatic heterocycles. The number of para-hydroxylation sites is 2. The fraction of sp³-hybridized carbons (Fsp3) is 0.250. The van der Waals surface area contributed by atoms with Crippen LogP contribution in [0.15, 0.2) is 53.3 Å². The molecule has 0 spiro atoms. The maximum absolute atomic E-state index is 13.1. The Kier molecular flexibility index (Phi) is 5.13. The molecule has 5 aromatic rings. The maximum atomic E-state index is 13.1. The zero-order valence-corrected chi connectivity index (χ0v) is 16.9. The third-order valence-electron chi connectivity index (χ3n) is 4.81. The Balaban J connectivity index is 0.000000495. The summed E-state index contributed by atoms with van der Waals surface area (Å²) in [6, 6.07) is 16.0. The molecule has 0 saturated heterocycles. The zero-order chi connectivity index (χ0) is 19.7. The fourth-order valence-corrected chi connectivity index (χ4v) is 3.77. The molecule has 3 heteroatoms. The van der Waals surface area contributed by atoms with Crippen molar-refractivity contribution in [1.29, 1.82) is 0 Å². The van der Waals surface area contributed by atoms with Crippen LogP contribution in [0.1, 0.15) is 38.8 Å². The summed E-state index contributed by atoms with van der Waals surface area (Å²) in [5.74, 6) is 0. The third-order valence-corrected chi connectivity index (χ3v) is 4.81. The molecule has 0 unspecified atom stereocenters. The van der Waals surface area contributed by atoms with Gasteiger partial charge < -0.3 is 0 Å². The second-order valence-corrected chi connectivity index (χ2v) is 6.17. The van der Waals surface area contributed by atoms with E-state index in [4.69, 9.17) is 4.98 Å². The van der Waals surface area contributed by atoms with Gasteiger partial charge in [-0.2, -0.15) is 0 Å². The smallest absolute Gasteiger partial charge is 0.264 e. The van der Waals surface area contributed by atoms with Gasteiger partial charge in [0.1, 0.15) is 5.65 Å². The quantitative estimate of drug-likeness (QED) is 0.327. The SMILES string of the molecule is CC.CC.Cc1ccc2c(=O)n3c4ccccc4nc3c3ccc(C)c1c23. The number of fused-ring (bicyclic) bond motifs is 4. The van der Waals surface area contributed by atoms with Crippen LogP contribution in [0.4, 0.5) is 0 Å². The summed E-state index contributed by atoms with van der Waals surface area (Å²) in [7, 11) is 0. The topological polar surface area (TPSA) is 34.4 Å². The molecule has 0 aliphatic rings. The van der Waals surface area contributed by atoms with Crippen molar-refractivity contribution in [3.8, 4) is 0 Å². The van der Waals surface area contributed by atoms with Crippen LogP contribution in [0, 0.1) is 13.8 Å². The minimum Gasteiger partial charge on any atom is -0.268 e. The number of nitrogens with zero attached hydrogens (tertiary/aromatic N) is 2. The third kappa shape index (κ3) is 2.66. The second-order valence-electron chi connectivity index (χ2n) is 6.17. The van der Waals surface area contributed by atoms with Crippen LogP contribution in [0.3, 0.4) is 0 Å². The van der Waals surface area contributed by atoms with Crippen molar-refractivity contribution >= 4 is 38.2 Å². The summed E-state index contributed by atoms with van der Waals surface area (Å²) >= 11 is 0. The molecule has 3 aromatic carbocycles. The van der Waals surface area contributed by atoms with E-state index in [0.717, 1.165) is 32.8 Å². The van der Waals surface area contributed by atoms with Crippen molar-refractivity contribution < 1.29 is 0 Å². The Morgan fingerprint density at radius 1 is 0.741 bits per heavy atom. The van der Waals surface area contributed by atoms with Crippen LogP contribution >= 0.6 is 0 Å². The molecule has 0 saturated carbocycles. The molecule has 0 N–H and O–H groups in total. The van der Waals surface area contributed by atoms with Crippen LogP contribution in [0.2, 0.25) is 0 Å². The first-order chi connectivity index (χ1) is 13.2. The minimum atomic E-state index is 0.0109. The van der Waals surface area contributed by atoms with Gasteiger partial charge in [-0.05, 0) is 48.6 Å². The molecule has 138 valence electrons. The van der Waals surface area contributed by atoms with Crippen molar-refractivity contribution in [2.24, 2.45) is 0 Å². The lowest BCUT2D eigenvalue weighted by atomic mass is 9.95. The molecule has 0 bridgehead atoms. The number of imidazole rings is 1. The van der Waals surface area contributed by atoms with E-state index in [1.54, 1.807) is 4.40 Å². The standard InChI is InChI=1S/C20H14N2O.2C2H6/c1-11-7-9-13-18-14(10-8-12(2)17(11)18)20(23)22-16-6-4-3-5-15(16)21-19(13)22;2*1-2/h3-10H,1-2H3;2*1-2H3. The molecule has 3 nitrogen and oxygen atoms in total. The van der Waals surface area contributed by atoms with Gasteiger partial charge in [-0.25, -0.2) is 4.98 Å². The van der Waals surface area contributed by atoms with Gasteiger partial charge in [-0.1, -0.05) is 58.0 Å². The van der Waals surface area contributed by atoms with Crippen LogP contribution in [-0.4, -0.2) is 9.38 Å². The summed E-state index contributed by atoms with van der Waals surface area (Å²) in [4.78, 5) is 17.8. The highest BCUT2D eigenvalue weighted by atomic mass is 16.1. The van der Waals surface area contributed by atoms with E-state index >= 15 is 0 Å². The highest BCUT2D eigenvalue weighted by molar-refractivity contribution is 6.17. The van der Waals surface area contributed by atoms with E-state index < -0.39 is 0 Å². The highest BCUT2D eigenvalue weighted by Gasteiger charge is 2.17. The van der Waals surface area contributed by atoms with Crippen molar-refractivity contribution in [2.75, 3.05) is 0 Å². The van der Waals surface area contributed by atoms with Crippen molar-refractivity contribution in [2.45, 2.75) is 41.5 Å². The number of aromatic nitrogens is 2. The molecule has 0 aliphatic carbocycles. The van der Waals surface area contributed by atoms with Crippen molar-refractivity contribution in [3.05, 3.63) is 70.0 Å². The minimum absolute atomic E-state index is 0.0109. The van der Waals surface area contributed by atoms with Crippen LogP contribution in [0.25, 0.3) is 38.2 Å². The van der Waals surface area contributed by atoms with E-state index in [0.29, 0.717) is 0 Å². The second kappa shape index (κ2) is 7.36. The van der Waals surface area contributed by atoms with Gasteiger partial charge >= 0.3 is 0 Å². The zero-order valence-electron chi connectivity index (χ0n) is 16.9. The number of rotatable bonds is 0. The summed E-state index contributed by atoms with van der Waals surface area (Å²) in [5.41, 5.74) is 4.87. The molecule has 0 fully saturated rings. The predicted molar refractivity (Wildman–Crippen MR) is 117 cm³/mol. The first-order valence-corrected chi connectivity index (χ1v) is 9.72. The summed E-state index contributed by atoms with van der Waals surface area (Å²) in [6.45, 7) is 12.2. The molecule has 0 radical (unpaired) electrons. The Hall–Kier alpha value is -2.94. The van der Waals surface area contributed by atoms with E-state index in [9.17, 15) is 4.79 Å². The Morgan fingerprint density at radius 2 is 1.33 bits per heavy atom.